The monoisotopic (exact) mass is 238 g/mol. The molecule has 0 saturated heterocycles. The number of halogens is 2. The van der Waals surface area contributed by atoms with Crippen molar-refractivity contribution in [2.24, 2.45) is 0 Å². The molecule has 2 rings (SSSR count). The highest BCUT2D eigenvalue weighted by molar-refractivity contribution is 5.92. The first-order valence-corrected chi connectivity index (χ1v) is 5.48. The maximum absolute atomic E-state index is 13.4. The van der Waals surface area contributed by atoms with Gasteiger partial charge >= 0.3 is 5.97 Å². The lowest BCUT2D eigenvalue weighted by molar-refractivity contribution is -0.137. The highest BCUT2D eigenvalue weighted by atomic mass is 19.2. The van der Waals surface area contributed by atoms with Crippen LogP contribution in [0.4, 0.5) is 8.78 Å². The van der Waals surface area contributed by atoms with Gasteiger partial charge in [-0.3, -0.25) is 0 Å². The standard InChI is InChI=1S/C13H12F2O2/c1-2-17-12(16)7-8-3-4-10-9(8)5-6-11(14)13(10)15/h5-7H,2-4H2,1H3/b8-7+. The van der Waals surface area contributed by atoms with Crippen molar-refractivity contribution in [2.45, 2.75) is 19.8 Å². The SMILES string of the molecule is CCOC(=O)/C=C1\CCc2c1ccc(F)c2F. The Kier molecular flexibility index (Phi) is 3.22. The van der Waals surface area contributed by atoms with Crippen molar-refractivity contribution in [1.29, 1.82) is 0 Å². The van der Waals surface area contributed by atoms with Gasteiger partial charge in [-0.1, -0.05) is 6.07 Å². The fourth-order valence-corrected chi connectivity index (χ4v) is 2.01. The first-order chi connectivity index (χ1) is 8.13. The topological polar surface area (TPSA) is 26.3 Å². The Morgan fingerprint density at radius 2 is 2.18 bits per heavy atom. The van der Waals surface area contributed by atoms with E-state index in [-0.39, 0.29) is 0 Å². The Hall–Kier alpha value is -1.71. The summed E-state index contributed by atoms with van der Waals surface area (Å²) >= 11 is 0. The van der Waals surface area contributed by atoms with E-state index in [0.717, 1.165) is 6.07 Å². The van der Waals surface area contributed by atoms with E-state index in [9.17, 15) is 13.6 Å². The maximum atomic E-state index is 13.4. The molecule has 0 bridgehead atoms. The molecule has 1 aromatic rings. The average molecular weight is 238 g/mol. The second kappa shape index (κ2) is 4.65. The van der Waals surface area contributed by atoms with Crippen molar-refractivity contribution in [3.8, 4) is 0 Å². The Morgan fingerprint density at radius 3 is 2.88 bits per heavy atom. The van der Waals surface area contributed by atoms with E-state index in [4.69, 9.17) is 4.74 Å². The predicted molar refractivity (Wildman–Crippen MR) is 59.3 cm³/mol. The highest BCUT2D eigenvalue weighted by Crippen LogP contribution is 2.34. The second-order valence-corrected chi connectivity index (χ2v) is 3.81. The summed E-state index contributed by atoms with van der Waals surface area (Å²) < 4.78 is 31.2. The zero-order chi connectivity index (χ0) is 12.4. The molecule has 0 atom stereocenters. The van der Waals surface area contributed by atoms with Gasteiger partial charge in [0.05, 0.1) is 6.61 Å². The molecule has 90 valence electrons. The molecule has 1 aliphatic rings. The third-order valence-electron chi connectivity index (χ3n) is 2.77. The quantitative estimate of drug-likeness (QED) is 0.585. The molecule has 17 heavy (non-hydrogen) atoms. The molecule has 4 heteroatoms. The van der Waals surface area contributed by atoms with Crippen LogP contribution >= 0.6 is 0 Å². The molecule has 1 aromatic carbocycles. The summed E-state index contributed by atoms with van der Waals surface area (Å²) in [5.74, 6) is -2.10. The van der Waals surface area contributed by atoms with E-state index in [2.05, 4.69) is 0 Å². The van der Waals surface area contributed by atoms with E-state index < -0.39 is 17.6 Å². The van der Waals surface area contributed by atoms with E-state index in [1.807, 2.05) is 0 Å². The van der Waals surface area contributed by atoms with Crippen molar-refractivity contribution < 1.29 is 18.3 Å². The van der Waals surface area contributed by atoms with E-state index in [1.165, 1.54) is 12.1 Å². The van der Waals surface area contributed by atoms with Gasteiger partial charge in [-0.2, -0.15) is 0 Å². The van der Waals surface area contributed by atoms with Crippen LogP contribution in [0.1, 0.15) is 24.5 Å². The first kappa shape index (κ1) is 11.8. The van der Waals surface area contributed by atoms with Gasteiger partial charge in [0, 0.05) is 6.08 Å². The molecular formula is C13H12F2O2. The average Bonchev–Trinajstić information content (AvgIpc) is 2.68. The third-order valence-corrected chi connectivity index (χ3v) is 2.77. The summed E-state index contributed by atoms with van der Waals surface area (Å²) in [5.41, 5.74) is 1.66. The molecule has 2 nitrogen and oxygen atoms in total. The van der Waals surface area contributed by atoms with Crippen molar-refractivity contribution in [1.82, 2.24) is 0 Å². The molecule has 0 heterocycles. The van der Waals surface area contributed by atoms with Crippen LogP contribution in [0.15, 0.2) is 18.2 Å². The maximum Gasteiger partial charge on any atom is 0.331 e. The van der Waals surface area contributed by atoms with Crippen LogP contribution in [0.2, 0.25) is 0 Å². The lowest BCUT2D eigenvalue weighted by Gasteiger charge is -2.03. The normalized spacial score (nSPS) is 16.1. The first-order valence-electron chi connectivity index (χ1n) is 5.48. The molecule has 0 saturated carbocycles. The molecule has 0 spiro atoms. The molecule has 0 amide bonds. The Labute approximate surface area is 97.9 Å². The highest BCUT2D eigenvalue weighted by Gasteiger charge is 2.22. The van der Waals surface area contributed by atoms with Gasteiger partial charge < -0.3 is 4.74 Å². The number of allylic oxidation sites excluding steroid dienone is 1. The minimum atomic E-state index is -0.846. The largest absolute Gasteiger partial charge is 0.463 e. The van der Waals surface area contributed by atoms with Crippen LogP contribution < -0.4 is 0 Å². The van der Waals surface area contributed by atoms with Crippen LogP contribution in [-0.4, -0.2) is 12.6 Å². The second-order valence-electron chi connectivity index (χ2n) is 3.81. The number of carbonyl (C=O) groups excluding carboxylic acids is 1. The lowest BCUT2D eigenvalue weighted by Crippen LogP contribution is -2.00. The van der Waals surface area contributed by atoms with Crippen LogP contribution in [0, 0.1) is 11.6 Å². The molecule has 0 aromatic heterocycles. The number of ether oxygens (including phenoxy) is 1. The van der Waals surface area contributed by atoms with Crippen LogP contribution in [0.25, 0.3) is 5.57 Å². The van der Waals surface area contributed by atoms with Gasteiger partial charge in [-0.15, -0.1) is 0 Å². The number of rotatable bonds is 2. The minimum Gasteiger partial charge on any atom is -0.463 e. The minimum absolute atomic E-state index is 0.299. The van der Waals surface area contributed by atoms with Crippen LogP contribution in [0.5, 0.6) is 0 Å². The van der Waals surface area contributed by atoms with Gasteiger partial charge in [-0.25, -0.2) is 13.6 Å². The number of fused-ring (bicyclic) bond motifs is 1. The van der Waals surface area contributed by atoms with Crippen molar-refractivity contribution in [3.05, 3.63) is 41.0 Å². The smallest absolute Gasteiger partial charge is 0.331 e. The number of hydrogen-bond donors (Lipinski definition) is 0. The molecule has 0 radical (unpaired) electrons. The number of carbonyl (C=O) groups is 1. The third kappa shape index (κ3) is 2.20. The summed E-state index contributed by atoms with van der Waals surface area (Å²) in [7, 11) is 0. The molecule has 0 aliphatic heterocycles. The van der Waals surface area contributed by atoms with Gasteiger partial charge in [0.1, 0.15) is 0 Å². The predicted octanol–water partition coefficient (Wildman–Crippen LogP) is 2.86. The van der Waals surface area contributed by atoms with Crippen molar-refractivity contribution in [3.63, 3.8) is 0 Å². The Balaban J connectivity index is 2.35. The molecule has 0 unspecified atom stereocenters. The van der Waals surface area contributed by atoms with Crippen molar-refractivity contribution >= 4 is 11.5 Å². The fraction of sp³-hybridized carbons (Fsp3) is 0.308. The number of benzene rings is 1. The van der Waals surface area contributed by atoms with E-state index in [1.54, 1.807) is 6.92 Å². The summed E-state index contributed by atoms with van der Waals surface area (Å²) in [6, 6.07) is 2.59. The fourth-order valence-electron chi connectivity index (χ4n) is 2.01. The molecule has 0 N–H and O–H groups in total. The number of hydrogen-bond acceptors (Lipinski definition) is 2. The van der Waals surface area contributed by atoms with Gasteiger partial charge in [-0.05, 0) is 42.5 Å². The van der Waals surface area contributed by atoms with E-state index in [0.29, 0.717) is 36.1 Å². The summed E-state index contributed by atoms with van der Waals surface area (Å²) in [4.78, 5) is 11.3. The summed E-state index contributed by atoms with van der Waals surface area (Å²) in [6.07, 6.45) is 2.31. The molecule has 0 fully saturated rings. The molecular weight excluding hydrogens is 226 g/mol. The van der Waals surface area contributed by atoms with Crippen LogP contribution in [-0.2, 0) is 16.0 Å². The van der Waals surface area contributed by atoms with Gasteiger partial charge in [0.25, 0.3) is 0 Å². The summed E-state index contributed by atoms with van der Waals surface area (Å²) in [5, 5.41) is 0. The van der Waals surface area contributed by atoms with Crippen molar-refractivity contribution in [2.75, 3.05) is 6.61 Å². The van der Waals surface area contributed by atoms with Gasteiger partial charge in [0.2, 0.25) is 0 Å². The van der Waals surface area contributed by atoms with Crippen LogP contribution in [0.3, 0.4) is 0 Å². The van der Waals surface area contributed by atoms with Gasteiger partial charge in [0.15, 0.2) is 11.6 Å². The number of esters is 1. The Bertz CT molecular complexity index is 492. The Morgan fingerprint density at radius 1 is 1.41 bits per heavy atom. The lowest BCUT2D eigenvalue weighted by atomic mass is 10.1. The molecule has 1 aliphatic carbocycles. The zero-order valence-corrected chi connectivity index (χ0v) is 9.43. The summed E-state index contributed by atoms with van der Waals surface area (Å²) in [6.45, 7) is 2.02. The zero-order valence-electron chi connectivity index (χ0n) is 9.43. The van der Waals surface area contributed by atoms with E-state index >= 15 is 0 Å².